The van der Waals surface area contributed by atoms with Crippen LogP contribution in [0.15, 0.2) is 48.8 Å². The summed E-state index contributed by atoms with van der Waals surface area (Å²) in [5.41, 5.74) is 0.679. The van der Waals surface area contributed by atoms with E-state index in [-0.39, 0.29) is 24.1 Å². The molecule has 1 fully saturated rings. The maximum atomic E-state index is 13.9. The third kappa shape index (κ3) is 3.98. The maximum Gasteiger partial charge on any atom is 0.229 e. The quantitative estimate of drug-likeness (QED) is 0.670. The second-order valence-corrected chi connectivity index (χ2v) is 7.43. The number of hydrogen-bond donors (Lipinski definition) is 1. The molecule has 1 unspecified atom stereocenters. The van der Waals surface area contributed by atoms with Gasteiger partial charge < -0.3 is 10.1 Å². The zero-order valence-electron chi connectivity index (χ0n) is 16.5. The second-order valence-electron chi connectivity index (χ2n) is 7.43. The number of nitrogens with zero attached hydrogens (tertiary/aromatic N) is 3. The fraction of sp³-hybridized carbons (Fsp3) is 0.273. The Labute approximate surface area is 172 Å². The molecule has 2 aromatic heterocycles. The SMILES string of the molecule is Cc1ncc(OCC2(c3cccc(F)c3)C[C@H]2C(=O)Nc2ccc(F)cn2)c(C)n1. The number of carbonyl (C=O) groups excluding carboxylic acids is 1. The summed E-state index contributed by atoms with van der Waals surface area (Å²) in [7, 11) is 0. The summed E-state index contributed by atoms with van der Waals surface area (Å²) in [4.78, 5) is 25.1. The number of aromatic nitrogens is 3. The van der Waals surface area contributed by atoms with Gasteiger partial charge in [-0.1, -0.05) is 12.1 Å². The van der Waals surface area contributed by atoms with Crippen LogP contribution in [0.25, 0.3) is 0 Å². The summed E-state index contributed by atoms with van der Waals surface area (Å²) in [5.74, 6) is -0.190. The molecule has 0 aliphatic heterocycles. The minimum absolute atomic E-state index is 0.165. The molecule has 1 amide bonds. The van der Waals surface area contributed by atoms with E-state index in [2.05, 4.69) is 20.3 Å². The first-order valence-corrected chi connectivity index (χ1v) is 9.49. The van der Waals surface area contributed by atoms with Crippen LogP contribution >= 0.6 is 0 Å². The van der Waals surface area contributed by atoms with E-state index in [1.807, 2.05) is 6.92 Å². The Kier molecular flexibility index (Phi) is 5.15. The van der Waals surface area contributed by atoms with Crippen LogP contribution in [-0.2, 0) is 10.2 Å². The van der Waals surface area contributed by atoms with Crippen molar-refractivity contribution in [3.05, 3.63) is 77.5 Å². The van der Waals surface area contributed by atoms with Gasteiger partial charge in [-0.3, -0.25) is 4.79 Å². The minimum atomic E-state index is -0.691. The third-order valence-electron chi connectivity index (χ3n) is 5.31. The van der Waals surface area contributed by atoms with E-state index in [1.165, 1.54) is 24.3 Å². The Balaban J connectivity index is 1.56. The Morgan fingerprint density at radius 1 is 1.17 bits per heavy atom. The molecule has 154 valence electrons. The van der Waals surface area contributed by atoms with Gasteiger partial charge in [0.15, 0.2) is 5.75 Å². The van der Waals surface area contributed by atoms with Gasteiger partial charge in [-0.2, -0.15) is 0 Å². The first-order valence-electron chi connectivity index (χ1n) is 9.49. The van der Waals surface area contributed by atoms with Gasteiger partial charge in [-0.15, -0.1) is 0 Å². The normalized spacial score (nSPS) is 19.9. The predicted molar refractivity (Wildman–Crippen MR) is 106 cm³/mol. The third-order valence-corrected chi connectivity index (χ3v) is 5.31. The highest BCUT2D eigenvalue weighted by molar-refractivity contribution is 5.95. The summed E-state index contributed by atoms with van der Waals surface area (Å²) in [5, 5.41) is 2.70. The highest BCUT2D eigenvalue weighted by Gasteiger charge is 2.60. The molecule has 1 aliphatic carbocycles. The van der Waals surface area contributed by atoms with Gasteiger partial charge in [0.2, 0.25) is 5.91 Å². The largest absolute Gasteiger partial charge is 0.489 e. The lowest BCUT2D eigenvalue weighted by atomic mass is 9.93. The number of hydrogen-bond acceptors (Lipinski definition) is 5. The molecule has 4 rings (SSSR count). The predicted octanol–water partition coefficient (Wildman–Crippen LogP) is 3.74. The van der Waals surface area contributed by atoms with Gasteiger partial charge in [0.05, 0.1) is 30.6 Å². The molecule has 0 spiro atoms. The Hall–Kier alpha value is -3.42. The number of pyridine rings is 1. The molecule has 1 N–H and O–H groups in total. The van der Waals surface area contributed by atoms with Crippen molar-refractivity contribution in [3.63, 3.8) is 0 Å². The first kappa shape index (κ1) is 19.9. The molecule has 1 saturated carbocycles. The molecular weight excluding hydrogens is 390 g/mol. The molecule has 2 heterocycles. The van der Waals surface area contributed by atoms with Gasteiger partial charge in [-0.05, 0) is 50.1 Å². The van der Waals surface area contributed by atoms with Crippen LogP contribution in [0.4, 0.5) is 14.6 Å². The Morgan fingerprint density at radius 3 is 2.70 bits per heavy atom. The monoisotopic (exact) mass is 410 g/mol. The molecule has 3 aromatic rings. The molecular formula is C22H20F2N4O2. The van der Waals surface area contributed by atoms with E-state index in [1.54, 1.807) is 25.3 Å². The summed E-state index contributed by atoms with van der Waals surface area (Å²) in [6.45, 7) is 3.77. The van der Waals surface area contributed by atoms with E-state index in [0.717, 1.165) is 6.20 Å². The van der Waals surface area contributed by atoms with Gasteiger partial charge in [0.1, 0.15) is 23.3 Å². The molecule has 0 radical (unpaired) electrons. The summed E-state index contributed by atoms with van der Waals surface area (Å²) in [6, 6.07) is 8.79. The van der Waals surface area contributed by atoms with Crippen molar-refractivity contribution in [2.75, 3.05) is 11.9 Å². The number of rotatable bonds is 6. The summed E-state index contributed by atoms with van der Waals surface area (Å²) in [6.07, 6.45) is 3.11. The van der Waals surface area contributed by atoms with E-state index >= 15 is 0 Å². The number of anilines is 1. The van der Waals surface area contributed by atoms with E-state index < -0.39 is 17.2 Å². The van der Waals surface area contributed by atoms with Crippen LogP contribution in [0.3, 0.4) is 0 Å². The van der Waals surface area contributed by atoms with Crippen molar-refractivity contribution < 1.29 is 18.3 Å². The lowest BCUT2D eigenvalue weighted by Crippen LogP contribution is -2.27. The summed E-state index contributed by atoms with van der Waals surface area (Å²) < 4.78 is 32.9. The average molecular weight is 410 g/mol. The van der Waals surface area contributed by atoms with E-state index in [0.29, 0.717) is 29.3 Å². The molecule has 1 aliphatic rings. The average Bonchev–Trinajstić information content (AvgIpc) is 3.45. The van der Waals surface area contributed by atoms with E-state index in [9.17, 15) is 13.6 Å². The number of benzene rings is 1. The van der Waals surface area contributed by atoms with Crippen LogP contribution in [0, 0.1) is 31.4 Å². The minimum Gasteiger partial charge on any atom is -0.489 e. The fourth-order valence-electron chi connectivity index (χ4n) is 3.59. The van der Waals surface area contributed by atoms with Crippen LogP contribution in [0.2, 0.25) is 0 Å². The molecule has 0 bridgehead atoms. The number of nitrogens with one attached hydrogen (secondary N) is 1. The van der Waals surface area contributed by atoms with Crippen LogP contribution in [0.5, 0.6) is 5.75 Å². The summed E-state index contributed by atoms with van der Waals surface area (Å²) >= 11 is 0. The van der Waals surface area contributed by atoms with Crippen molar-refractivity contribution >= 4 is 11.7 Å². The van der Waals surface area contributed by atoms with Crippen molar-refractivity contribution in [2.45, 2.75) is 25.7 Å². The highest BCUT2D eigenvalue weighted by atomic mass is 19.1. The topological polar surface area (TPSA) is 77.0 Å². The van der Waals surface area contributed by atoms with Crippen LogP contribution < -0.4 is 10.1 Å². The van der Waals surface area contributed by atoms with E-state index in [4.69, 9.17) is 4.74 Å². The molecule has 2 atom stereocenters. The van der Waals surface area contributed by atoms with Gasteiger partial charge in [-0.25, -0.2) is 23.7 Å². The second kappa shape index (κ2) is 7.78. The number of halogens is 2. The molecule has 1 aromatic carbocycles. The number of amides is 1. The Morgan fingerprint density at radius 2 is 2.00 bits per heavy atom. The van der Waals surface area contributed by atoms with Crippen LogP contribution in [-0.4, -0.2) is 27.5 Å². The van der Waals surface area contributed by atoms with Crippen molar-refractivity contribution in [3.8, 4) is 5.75 Å². The van der Waals surface area contributed by atoms with Crippen molar-refractivity contribution in [2.24, 2.45) is 5.92 Å². The smallest absolute Gasteiger partial charge is 0.229 e. The molecule has 6 nitrogen and oxygen atoms in total. The van der Waals surface area contributed by atoms with Crippen LogP contribution in [0.1, 0.15) is 23.5 Å². The van der Waals surface area contributed by atoms with Crippen molar-refractivity contribution in [1.29, 1.82) is 0 Å². The maximum absolute atomic E-state index is 13.9. The Bertz CT molecular complexity index is 1090. The lowest BCUT2D eigenvalue weighted by Gasteiger charge is -2.19. The highest BCUT2D eigenvalue weighted by Crippen LogP contribution is 2.55. The van der Waals surface area contributed by atoms with Gasteiger partial charge in [0.25, 0.3) is 0 Å². The van der Waals surface area contributed by atoms with Gasteiger partial charge in [0, 0.05) is 5.41 Å². The molecule has 0 saturated heterocycles. The van der Waals surface area contributed by atoms with Gasteiger partial charge >= 0.3 is 0 Å². The lowest BCUT2D eigenvalue weighted by molar-refractivity contribution is -0.117. The zero-order valence-corrected chi connectivity index (χ0v) is 16.5. The fourth-order valence-corrected chi connectivity index (χ4v) is 3.59. The number of aryl methyl sites for hydroxylation is 2. The molecule has 30 heavy (non-hydrogen) atoms. The van der Waals surface area contributed by atoms with Crippen molar-refractivity contribution in [1.82, 2.24) is 15.0 Å². The zero-order chi connectivity index (χ0) is 21.3. The number of ether oxygens (including phenoxy) is 1. The number of carbonyl (C=O) groups is 1. The standard InChI is InChI=1S/C22H20F2N4O2/c1-13-19(11-25-14(2)27-13)30-12-22(15-4-3-5-16(23)8-15)9-18(22)21(29)28-20-7-6-17(24)10-26-20/h3-8,10-11,18H,9,12H2,1-2H3,(H,26,28,29)/t18-,22?/m0/s1. The first-order chi connectivity index (χ1) is 14.4. The molecule has 8 heteroatoms.